The number of anilines is 1. The van der Waals surface area contributed by atoms with Crippen molar-refractivity contribution in [3.8, 4) is 17.2 Å². The largest absolute Gasteiger partial charge is 0.493 e. The number of ether oxygens (including phenoxy) is 3. The van der Waals surface area contributed by atoms with Gasteiger partial charge in [-0.25, -0.2) is 0 Å². The van der Waals surface area contributed by atoms with Gasteiger partial charge in [-0.05, 0) is 42.3 Å². The summed E-state index contributed by atoms with van der Waals surface area (Å²) in [4.78, 5) is 13.0. The van der Waals surface area contributed by atoms with E-state index in [4.69, 9.17) is 14.2 Å². The SMILES string of the molecule is COc1cc([C@H]2NCC[C@@]23C(=O)Nc2ccccc23)cc(OC)c1OC. The molecule has 2 N–H and O–H groups in total. The molecule has 0 radical (unpaired) electrons. The normalized spacial score (nSPS) is 23.7. The Balaban J connectivity index is 1.87. The van der Waals surface area contributed by atoms with Crippen molar-refractivity contribution in [1.82, 2.24) is 5.32 Å². The summed E-state index contributed by atoms with van der Waals surface area (Å²) in [7, 11) is 4.77. The van der Waals surface area contributed by atoms with E-state index >= 15 is 0 Å². The number of carbonyl (C=O) groups is 1. The molecule has 0 bridgehead atoms. The van der Waals surface area contributed by atoms with Crippen molar-refractivity contribution >= 4 is 11.6 Å². The smallest absolute Gasteiger partial charge is 0.237 e. The minimum absolute atomic E-state index is 0.0300. The molecule has 4 rings (SSSR count). The van der Waals surface area contributed by atoms with Crippen molar-refractivity contribution in [2.24, 2.45) is 0 Å². The van der Waals surface area contributed by atoms with Gasteiger partial charge in [0.1, 0.15) is 0 Å². The fourth-order valence-corrected chi connectivity index (χ4v) is 4.27. The summed E-state index contributed by atoms with van der Waals surface area (Å²) in [5.74, 6) is 1.74. The van der Waals surface area contributed by atoms with E-state index in [9.17, 15) is 4.79 Å². The van der Waals surface area contributed by atoms with Gasteiger partial charge in [-0.15, -0.1) is 0 Å². The number of carbonyl (C=O) groups excluding carboxylic acids is 1. The molecule has 2 aliphatic rings. The Hall–Kier alpha value is -2.73. The second-order valence-electron chi connectivity index (χ2n) is 6.57. The highest BCUT2D eigenvalue weighted by atomic mass is 16.5. The number of benzene rings is 2. The molecular weight excluding hydrogens is 332 g/mol. The summed E-state index contributed by atoms with van der Waals surface area (Å²) >= 11 is 0. The minimum Gasteiger partial charge on any atom is -0.493 e. The molecule has 26 heavy (non-hydrogen) atoms. The van der Waals surface area contributed by atoms with Gasteiger partial charge in [-0.3, -0.25) is 4.79 Å². The fourth-order valence-electron chi connectivity index (χ4n) is 4.27. The second kappa shape index (κ2) is 6.21. The van der Waals surface area contributed by atoms with Crippen LogP contribution in [0.3, 0.4) is 0 Å². The van der Waals surface area contributed by atoms with Gasteiger partial charge >= 0.3 is 0 Å². The maximum absolute atomic E-state index is 13.0. The molecule has 1 amide bonds. The summed E-state index contributed by atoms with van der Waals surface area (Å²) in [5, 5.41) is 6.55. The van der Waals surface area contributed by atoms with Crippen LogP contribution in [0.1, 0.15) is 23.6 Å². The number of para-hydroxylation sites is 1. The van der Waals surface area contributed by atoms with Gasteiger partial charge in [0.05, 0.1) is 32.8 Å². The Morgan fingerprint density at radius 2 is 1.73 bits per heavy atom. The van der Waals surface area contributed by atoms with E-state index in [0.717, 1.165) is 29.8 Å². The molecule has 2 atom stereocenters. The van der Waals surface area contributed by atoms with E-state index in [0.29, 0.717) is 17.2 Å². The highest BCUT2D eigenvalue weighted by Gasteiger charge is 2.55. The van der Waals surface area contributed by atoms with Gasteiger partial charge in [0.25, 0.3) is 0 Å². The van der Waals surface area contributed by atoms with Crippen LogP contribution in [-0.2, 0) is 10.2 Å². The van der Waals surface area contributed by atoms with Crippen molar-refractivity contribution < 1.29 is 19.0 Å². The molecule has 2 aromatic carbocycles. The van der Waals surface area contributed by atoms with Gasteiger partial charge in [0.2, 0.25) is 11.7 Å². The van der Waals surface area contributed by atoms with E-state index in [1.807, 2.05) is 36.4 Å². The van der Waals surface area contributed by atoms with Crippen molar-refractivity contribution in [2.75, 3.05) is 33.2 Å². The first-order chi connectivity index (χ1) is 12.7. The maximum atomic E-state index is 13.0. The molecular formula is C20H22N2O4. The molecule has 6 nitrogen and oxygen atoms in total. The molecule has 1 fully saturated rings. The van der Waals surface area contributed by atoms with Crippen LogP contribution in [0.25, 0.3) is 0 Å². The third-order valence-corrected chi connectivity index (χ3v) is 5.44. The zero-order chi connectivity index (χ0) is 18.3. The van der Waals surface area contributed by atoms with Crippen LogP contribution < -0.4 is 24.8 Å². The molecule has 0 aliphatic carbocycles. The van der Waals surface area contributed by atoms with Crippen LogP contribution >= 0.6 is 0 Å². The minimum atomic E-state index is -0.638. The van der Waals surface area contributed by atoms with E-state index in [1.54, 1.807) is 21.3 Å². The highest BCUT2D eigenvalue weighted by molar-refractivity contribution is 6.07. The third-order valence-electron chi connectivity index (χ3n) is 5.44. The van der Waals surface area contributed by atoms with Crippen LogP contribution in [0.5, 0.6) is 17.2 Å². The summed E-state index contributed by atoms with van der Waals surface area (Å²) in [6.07, 6.45) is 0.733. The predicted molar refractivity (Wildman–Crippen MR) is 98.2 cm³/mol. The monoisotopic (exact) mass is 354 g/mol. The first-order valence-corrected chi connectivity index (χ1v) is 8.60. The summed E-state index contributed by atoms with van der Waals surface area (Å²) in [6, 6.07) is 11.6. The lowest BCUT2D eigenvalue weighted by molar-refractivity contribution is -0.121. The zero-order valence-electron chi connectivity index (χ0n) is 15.1. The van der Waals surface area contributed by atoms with E-state index < -0.39 is 5.41 Å². The fraction of sp³-hybridized carbons (Fsp3) is 0.350. The Morgan fingerprint density at radius 3 is 2.38 bits per heavy atom. The van der Waals surface area contributed by atoms with Crippen molar-refractivity contribution in [3.63, 3.8) is 0 Å². The first kappa shape index (κ1) is 16.7. The topological polar surface area (TPSA) is 68.8 Å². The molecule has 136 valence electrons. The van der Waals surface area contributed by atoms with Gasteiger partial charge in [0, 0.05) is 5.69 Å². The average Bonchev–Trinajstić information content (AvgIpc) is 3.24. The van der Waals surface area contributed by atoms with Crippen LogP contribution in [0.15, 0.2) is 36.4 Å². The third kappa shape index (κ3) is 2.18. The van der Waals surface area contributed by atoms with E-state index in [-0.39, 0.29) is 11.9 Å². The van der Waals surface area contributed by atoms with Gasteiger partial charge < -0.3 is 24.8 Å². The summed E-state index contributed by atoms with van der Waals surface area (Å²) < 4.78 is 16.4. The molecule has 2 aromatic rings. The van der Waals surface area contributed by atoms with Crippen LogP contribution in [0, 0.1) is 0 Å². The van der Waals surface area contributed by atoms with Gasteiger partial charge in [-0.1, -0.05) is 18.2 Å². The lowest BCUT2D eigenvalue weighted by Gasteiger charge is -2.30. The van der Waals surface area contributed by atoms with Crippen molar-refractivity contribution in [1.29, 1.82) is 0 Å². The van der Waals surface area contributed by atoms with Gasteiger partial charge in [0.15, 0.2) is 11.5 Å². The predicted octanol–water partition coefficient (Wildman–Crippen LogP) is 2.64. The molecule has 2 aliphatic heterocycles. The quantitative estimate of drug-likeness (QED) is 0.883. The Bertz CT molecular complexity index is 842. The first-order valence-electron chi connectivity index (χ1n) is 8.60. The molecule has 0 saturated carbocycles. The van der Waals surface area contributed by atoms with Crippen LogP contribution in [0.4, 0.5) is 5.69 Å². The second-order valence-corrected chi connectivity index (χ2v) is 6.57. The number of hydrogen-bond donors (Lipinski definition) is 2. The number of hydrogen-bond acceptors (Lipinski definition) is 5. The van der Waals surface area contributed by atoms with E-state index in [1.165, 1.54) is 0 Å². The number of rotatable bonds is 4. The van der Waals surface area contributed by atoms with Gasteiger partial charge in [-0.2, -0.15) is 0 Å². The highest BCUT2D eigenvalue weighted by Crippen LogP contribution is 2.52. The Kier molecular flexibility index (Phi) is 4.00. The molecule has 2 heterocycles. The zero-order valence-corrected chi connectivity index (χ0v) is 15.1. The number of methoxy groups -OCH3 is 3. The maximum Gasteiger partial charge on any atom is 0.237 e. The molecule has 1 spiro atoms. The van der Waals surface area contributed by atoms with Crippen LogP contribution in [-0.4, -0.2) is 33.8 Å². The molecule has 1 saturated heterocycles. The number of nitrogens with one attached hydrogen (secondary N) is 2. The molecule has 0 unspecified atom stereocenters. The number of amides is 1. The van der Waals surface area contributed by atoms with Crippen molar-refractivity contribution in [3.05, 3.63) is 47.5 Å². The lowest BCUT2D eigenvalue weighted by Crippen LogP contribution is -2.39. The van der Waals surface area contributed by atoms with Crippen LogP contribution in [0.2, 0.25) is 0 Å². The Morgan fingerprint density at radius 1 is 1.04 bits per heavy atom. The van der Waals surface area contributed by atoms with E-state index in [2.05, 4.69) is 10.6 Å². The summed E-state index contributed by atoms with van der Waals surface area (Å²) in [5.41, 5.74) is 2.22. The lowest BCUT2D eigenvalue weighted by atomic mass is 9.73. The summed E-state index contributed by atoms with van der Waals surface area (Å²) in [6.45, 7) is 0.753. The van der Waals surface area contributed by atoms with Crippen molar-refractivity contribution in [2.45, 2.75) is 17.9 Å². The average molecular weight is 354 g/mol. The standard InChI is InChI=1S/C20H22N2O4/c1-24-15-10-12(11-16(25-2)17(15)26-3)18-20(8-9-21-18)13-6-4-5-7-14(13)22-19(20)23/h4-7,10-11,18,21H,8-9H2,1-3H3,(H,22,23)/t18-,20+/m1/s1. The Labute approximate surface area is 152 Å². The molecule has 6 heteroatoms. The molecule has 0 aromatic heterocycles. The number of fused-ring (bicyclic) bond motifs is 2.